The second-order valence-corrected chi connectivity index (χ2v) is 5.69. The highest BCUT2D eigenvalue weighted by molar-refractivity contribution is 5.97. The Kier molecular flexibility index (Phi) is 5.69. The number of hydrogen-bond donors (Lipinski definition) is 1. The molecule has 1 N–H and O–H groups in total. The number of carbonyl (C=O) groups is 1. The van der Waals surface area contributed by atoms with Crippen LogP contribution in [0.15, 0.2) is 55.1 Å². The van der Waals surface area contributed by atoms with E-state index in [4.69, 9.17) is 0 Å². The predicted octanol–water partition coefficient (Wildman–Crippen LogP) is 5.26. The summed E-state index contributed by atoms with van der Waals surface area (Å²) in [5.74, 6) is -0.770. The SMILES string of the molecule is C=C(c1ccccc1)c1cccc(F)c1NC(=O)C(C)CCC. The van der Waals surface area contributed by atoms with E-state index in [0.29, 0.717) is 11.1 Å². The van der Waals surface area contributed by atoms with Gasteiger partial charge in [0, 0.05) is 11.5 Å². The van der Waals surface area contributed by atoms with Gasteiger partial charge in [-0.25, -0.2) is 4.39 Å². The highest BCUT2D eigenvalue weighted by atomic mass is 19.1. The monoisotopic (exact) mass is 311 g/mol. The number of hydrogen-bond acceptors (Lipinski definition) is 1. The van der Waals surface area contributed by atoms with Gasteiger partial charge >= 0.3 is 0 Å². The van der Waals surface area contributed by atoms with Crippen molar-refractivity contribution in [3.05, 3.63) is 72.1 Å². The van der Waals surface area contributed by atoms with Crippen LogP contribution in [-0.2, 0) is 4.79 Å². The Hall–Kier alpha value is -2.42. The number of para-hydroxylation sites is 1. The number of amides is 1. The van der Waals surface area contributed by atoms with Crippen LogP contribution in [0.2, 0.25) is 0 Å². The smallest absolute Gasteiger partial charge is 0.227 e. The molecule has 0 aliphatic carbocycles. The normalized spacial score (nSPS) is 11.8. The van der Waals surface area contributed by atoms with Crippen molar-refractivity contribution in [3.63, 3.8) is 0 Å². The van der Waals surface area contributed by atoms with Gasteiger partial charge in [-0.3, -0.25) is 4.79 Å². The van der Waals surface area contributed by atoms with Crippen LogP contribution in [0, 0.1) is 11.7 Å². The highest BCUT2D eigenvalue weighted by Gasteiger charge is 2.18. The number of halogens is 1. The zero-order chi connectivity index (χ0) is 16.8. The molecule has 2 nitrogen and oxygen atoms in total. The molecule has 0 saturated heterocycles. The minimum atomic E-state index is -0.448. The summed E-state index contributed by atoms with van der Waals surface area (Å²) in [5.41, 5.74) is 2.39. The Morgan fingerprint density at radius 1 is 1.17 bits per heavy atom. The molecular formula is C20H22FNO. The summed E-state index contributed by atoms with van der Waals surface area (Å²) in [7, 11) is 0. The summed E-state index contributed by atoms with van der Waals surface area (Å²) in [6, 6.07) is 14.3. The van der Waals surface area contributed by atoms with E-state index in [1.807, 2.05) is 44.2 Å². The van der Waals surface area contributed by atoms with Crippen molar-refractivity contribution in [1.82, 2.24) is 0 Å². The van der Waals surface area contributed by atoms with E-state index in [1.165, 1.54) is 6.07 Å². The molecule has 23 heavy (non-hydrogen) atoms. The van der Waals surface area contributed by atoms with Crippen molar-refractivity contribution < 1.29 is 9.18 Å². The van der Waals surface area contributed by atoms with Crippen LogP contribution < -0.4 is 5.32 Å². The van der Waals surface area contributed by atoms with E-state index >= 15 is 0 Å². The van der Waals surface area contributed by atoms with Crippen LogP contribution in [0.1, 0.15) is 37.8 Å². The fourth-order valence-electron chi connectivity index (χ4n) is 2.51. The first kappa shape index (κ1) is 16.9. The molecule has 0 aromatic heterocycles. The van der Waals surface area contributed by atoms with E-state index in [-0.39, 0.29) is 17.5 Å². The van der Waals surface area contributed by atoms with Gasteiger partial charge in [0.25, 0.3) is 0 Å². The molecule has 2 aromatic rings. The van der Waals surface area contributed by atoms with Gasteiger partial charge in [-0.2, -0.15) is 0 Å². The summed E-state index contributed by atoms with van der Waals surface area (Å²) in [6.45, 7) is 7.94. The number of anilines is 1. The minimum absolute atomic E-state index is 0.155. The minimum Gasteiger partial charge on any atom is -0.323 e. The lowest BCUT2D eigenvalue weighted by atomic mass is 9.97. The van der Waals surface area contributed by atoms with Crippen molar-refractivity contribution in [1.29, 1.82) is 0 Å². The largest absolute Gasteiger partial charge is 0.323 e. The van der Waals surface area contributed by atoms with Crippen LogP contribution in [0.25, 0.3) is 5.57 Å². The van der Waals surface area contributed by atoms with E-state index in [1.54, 1.807) is 12.1 Å². The van der Waals surface area contributed by atoms with Crippen LogP contribution in [-0.4, -0.2) is 5.91 Å². The quantitative estimate of drug-likeness (QED) is 0.774. The molecule has 0 fully saturated rings. The summed E-state index contributed by atoms with van der Waals surface area (Å²) < 4.78 is 14.3. The Morgan fingerprint density at radius 3 is 2.52 bits per heavy atom. The Balaban J connectivity index is 2.33. The first-order valence-corrected chi connectivity index (χ1v) is 7.88. The molecule has 1 atom stereocenters. The van der Waals surface area contributed by atoms with Crippen LogP contribution in [0.4, 0.5) is 10.1 Å². The summed E-state index contributed by atoms with van der Waals surface area (Å²) in [6.07, 6.45) is 1.69. The molecule has 0 bridgehead atoms. The van der Waals surface area contributed by atoms with E-state index < -0.39 is 5.82 Å². The second-order valence-electron chi connectivity index (χ2n) is 5.69. The molecule has 3 heteroatoms. The van der Waals surface area contributed by atoms with E-state index in [9.17, 15) is 9.18 Å². The Labute approximate surface area is 137 Å². The lowest BCUT2D eigenvalue weighted by molar-refractivity contribution is -0.119. The molecule has 0 aliphatic rings. The molecule has 0 spiro atoms. The van der Waals surface area contributed by atoms with Gasteiger partial charge in [-0.15, -0.1) is 0 Å². The first-order chi connectivity index (χ1) is 11.0. The van der Waals surface area contributed by atoms with Crippen molar-refractivity contribution in [2.45, 2.75) is 26.7 Å². The maximum absolute atomic E-state index is 14.3. The average Bonchev–Trinajstić information content (AvgIpc) is 2.57. The van der Waals surface area contributed by atoms with Crippen molar-refractivity contribution in [3.8, 4) is 0 Å². The molecule has 1 amide bonds. The number of nitrogens with one attached hydrogen (secondary N) is 1. The molecule has 0 aliphatic heterocycles. The first-order valence-electron chi connectivity index (χ1n) is 7.88. The van der Waals surface area contributed by atoms with Gasteiger partial charge in [0.2, 0.25) is 5.91 Å². The summed E-state index contributed by atoms with van der Waals surface area (Å²) in [5, 5.41) is 2.74. The zero-order valence-corrected chi connectivity index (χ0v) is 13.6. The standard InChI is InChI=1S/C20H22FNO/c1-4-9-14(2)20(23)22-19-17(12-8-13-18(19)21)15(3)16-10-6-5-7-11-16/h5-8,10-14H,3-4,9H2,1-2H3,(H,22,23). The van der Waals surface area contributed by atoms with Gasteiger partial charge in [0.05, 0.1) is 5.69 Å². The maximum atomic E-state index is 14.3. The van der Waals surface area contributed by atoms with Gasteiger partial charge in [0.15, 0.2) is 0 Å². The van der Waals surface area contributed by atoms with Gasteiger partial charge in [-0.1, -0.05) is 69.3 Å². The lowest BCUT2D eigenvalue weighted by Crippen LogP contribution is -2.21. The molecule has 0 saturated carbocycles. The van der Waals surface area contributed by atoms with E-state index in [2.05, 4.69) is 11.9 Å². The summed E-state index contributed by atoms with van der Waals surface area (Å²) in [4.78, 5) is 12.3. The van der Waals surface area contributed by atoms with E-state index in [0.717, 1.165) is 18.4 Å². The molecule has 1 unspecified atom stereocenters. The van der Waals surface area contributed by atoms with Crippen LogP contribution in [0.3, 0.4) is 0 Å². The van der Waals surface area contributed by atoms with Crippen molar-refractivity contribution >= 4 is 17.2 Å². The Morgan fingerprint density at radius 2 is 1.87 bits per heavy atom. The molecule has 2 aromatic carbocycles. The van der Waals surface area contributed by atoms with Crippen molar-refractivity contribution in [2.24, 2.45) is 5.92 Å². The Bertz CT molecular complexity index is 694. The molecule has 2 rings (SSSR count). The molecule has 120 valence electrons. The fraction of sp³-hybridized carbons (Fsp3) is 0.250. The molecule has 0 heterocycles. The lowest BCUT2D eigenvalue weighted by Gasteiger charge is -2.16. The van der Waals surface area contributed by atoms with Gasteiger partial charge in [-0.05, 0) is 23.6 Å². The number of carbonyl (C=O) groups excluding carboxylic acids is 1. The predicted molar refractivity (Wildman–Crippen MR) is 93.7 cm³/mol. The van der Waals surface area contributed by atoms with Gasteiger partial charge in [0.1, 0.15) is 5.82 Å². The third-order valence-corrected chi connectivity index (χ3v) is 3.88. The maximum Gasteiger partial charge on any atom is 0.227 e. The number of benzene rings is 2. The third kappa shape index (κ3) is 4.07. The second kappa shape index (κ2) is 7.73. The third-order valence-electron chi connectivity index (χ3n) is 3.88. The zero-order valence-electron chi connectivity index (χ0n) is 13.6. The average molecular weight is 311 g/mol. The fourth-order valence-corrected chi connectivity index (χ4v) is 2.51. The van der Waals surface area contributed by atoms with Crippen LogP contribution >= 0.6 is 0 Å². The van der Waals surface area contributed by atoms with Gasteiger partial charge < -0.3 is 5.32 Å². The van der Waals surface area contributed by atoms with Crippen molar-refractivity contribution in [2.75, 3.05) is 5.32 Å². The van der Waals surface area contributed by atoms with Crippen LogP contribution in [0.5, 0.6) is 0 Å². The number of rotatable bonds is 6. The topological polar surface area (TPSA) is 29.1 Å². The molecule has 0 radical (unpaired) electrons. The summed E-state index contributed by atoms with van der Waals surface area (Å²) >= 11 is 0. The molecular weight excluding hydrogens is 289 g/mol. The highest BCUT2D eigenvalue weighted by Crippen LogP contribution is 2.30.